The van der Waals surface area contributed by atoms with E-state index < -0.39 is 0 Å². The van der Waals surface area contributed by atoms with E-state index in [2.05, 4.69) is 22.4 Å². The molecule has 0 saturated heterocycles. The molecular weight excluding hydrogens is 386 g/mol. The SMILES string of the molecule is COc1ccc(-c2cn3ccccc3n2)cc1NC(=O)Cc1cccc2ccccc12. The Kier molecular flexibility index (Phi) is 4.84. The molecule has 0 aliphatic heterocycles. The second kappa shape index (κ2) is 7.95. The fourth-order valence-corrected chi connectivity index (χ4v) is 3.85. The van der Waals surface area contributed by atoms with Gasteiger partial charge in [0, 0.05) is 18.0 Å². The summed E-state index contributed by atoms with van der Waals surface area (Å²) in [6, 6.07) is 25.7. The summed E-state index contributed by atoms with van der Waals surface area (Å²) in [5.74, 6) is 0.514. The van der Waals surface area contributed by atoms with Crippen molar-refractivity contribution in [1.29, 1.82) is 0 Å². The average molecular weight is 407 g/mol. The molecule has 0 aliphatic carbocycles. The van der Waals surface area contributed by atoms with Crippen molar-refractivity contribution in [3.05, 3.63) is 96.8 Å². The van der Waals surface area contributed by atoms with E-state index in [1.54, 1.807) is 7.11 Å². The highest BCUT2D eigenvalue weighted by molar-refractivity contribution is 5.97. The van der Waals surface area contributed by atoms with E-state index in [1.165, 1.54) is 0 Å². The number of methoxy groups -OCH3 is 1. The predicted octanol–water partition coefficient (Wildman–Crippen LogP) is 5.34. The molecule has 1 N–H and O–H groups in total. The predicted molar refractivity (Wildman–Crippen MR) is 123 cm³/mol. The zero-order valence-corrected chi connectivity index (χ0v) is 17.1. The van der Waals surface area contributed by atoms with Crippen molar-refractivity contribution in [2.45, 2.75) is 6.42 Å². The maximum atomic E-state index is 12.9. The Labute approximate surface area is 179 Å². The van der Waals surface area contributed by atoms with Gasteiger partial charge in [-0.25, -0.2) is 4.98 Å². The maximum Gasteiger partial charge on any atom is 0.228 e. The number of pyridine rings is 1. The van der Waals surface area contributed by atoms with Crippen LogP contribution < -0.4 is 10.1 Å². The number of carbonyl (C=O) groups excluding carboxylic acids is 1. The van der Waals surface area contributed by atoms with Gasteiger partial charge in [0.25, 0.3) is 0 Å². The van der Waals surface area contributed by atoms with Gasteiger partial charge in [-0.15, -0.1) is 0 Å². The topological polar surface area (TPSA) is 55.6 Å². The largest absolute Gasteiger partial charge is 0.495 e. The van der Waals surface area contributed by atoms with Crippen LogP contribution >= 0.6 is 0 Å². The lowest BCUT2D eigenvalue weighted by Crippen LogP contribution is -2.15. The Morgan fingerprint density at radius 1 is 1.00 bits per heavy atom. The summed E-state index contributed by atoms with van der Waals surface area (Å²) in [5.41, 5.74) is 4.23. The number of anilines is 1. The van der Waals surface area contributed by atoms with Gasteiger partial charge in [0.15, 0.2) is 0 Å². The first kappa shape index (κ1) is 18.9. The number of imidazole rings is 1. The molecule has 5 rings (SSSR count). The Morgan fingerprint density at radius 2 is 1.84 bits per heavy atom. The smallest absolute Gasteiger partial charge is 0.228 e. The molecule has 1 amide bonds. The molecule has 0 atom stereocenters. The highest BCUT2D eigenvalue weighted by Gasteiger charge is 2.13. The molecule has 0 aliphatic rings. The van der Waals surface area contributed by atoms with Crippen LogP contribution in [-0.2, 0) is 11.2 Å². The number of benzene rings is 3. The normalized spacial score (nSPS) is 11.0. The van der Waals surface area contributed by atoms with Gasteiger partial charge in [0.1, 0.15) is 11.4 Å². The van der Waals surface area contributed by atoms with E-state index in [0.29, 0.717) is 11.4 Å². The molecule has 0 saturated carbocycles. The number of carbonyl (C=O) groups is 1. The molecule has 5 heteroatoms. The van der Waals surface area contributed by atoms with E-state index >= 15 is 0 Å². The van der Waals surface area contributed by atoms with Crippen molar-refractivity contribution in [2.24, 2.45) is 0 Å². The quantitative estimate of drug-likeness (QED) is 0.428. The lowest BCUT2D eigenvalue weighted by Gasteiger charge is -2.12. The molecule has 0 radical (unpaired) electrons. The third-order valence-corrected chi connectivity index (χ3v) is 5.36. The Hall–Kier alpha value is -4.12. The van der Waals surface area contributed by atoms with E-state index in [-0.39, 0.29) is 12.3 Å². The third kappa shape index (κ3) is 3.73. The molecule has 2 aromatic heterocycles. The second-order valence-corrected chi connectivity index (χ2v) is 7.37. The van der Waals surface area contributed by atoms with Crippen molar-refractivity contribution in [3.8, 4) is 17.0 Å². The number of hydrogen-bond acceptors (Lipinski definition) is 3. The highest BCUT2D eigenvalue weighted by atomic mass is 16.5. The van der Waals surface area contributed by atoms with Gasteiger partial charge in [-0.3, -0.25) is 4.79 Å². The molecule has 31 heavy (non-hydrogen) atoms. The van der Waals surface area contributed by atoms with E-state index in [4.69, 9.17) is 4.74 Å². The summed E-state index contributed by atoms with van der Waals surface area (Å²) in [7, 11) is 1.60. The molecule has 0 unspecified atom stereocenters. The standard InChI is InChI=1S/C26H21N3O2/c1-31-24-13-12-20(23-17-29-14-5-4-11-25(29)27-23)15-22(24)28-26(30)16-19-9-6-8-18-7-2-3-10-21(18)19/h2-15,17H,16H2,1H3,(H,28,30). The molecule has 152 valence electrons. The fraction of sp³-hybridized carbons (Fsp3) is 0.0769. The summed E-state index contributed by atoms with van der Waals surface area (Å²) in [4.78, 5) is 17.6. The van der Waals surface area contributed by atoms with Gasteiger partial charge in [-0.1, -0.05) is 48.5 Å². The molecule has 5 aromatic rings. The van der Waals surface area contributed by atoms with Crippen LogP contribution in [0, 0.1) is 0 Å². The average Bonchev–Trinajstić information content (AvgIpc) is 3.24. The van der Waals surface area contributed by atoms with E-state index in [1.807, 2.05) is 83.5 Å². The van der Waals surface area contributed by atoms with Crippen LogP contribution in [-0.4, -0.2) is 22.4 Å². The number of hydrogen-bond donors (Lipinski definition) is 1. The second-order valence-electron chi connectivity index (χ2n) is 7.37. The van der Waals surface area contributed by atoms with E-state index in [0.717, 1.165) is 33.2 Å². The summed E-state index contributed by atoms with van der Waals surface area (Å²) in [6.07, 6.45) is 4.21. The van der Waals surface area contributed by atoms with Crippen LogP contribution in [0.2, 0.25) is 0 Å². The van der Waals surface area contributed by atoms with Crippen molar-refractivity contribution < 1.29 is 9.53 Å². The first-order valence-corrected chi connectivity index (χ1v) is 10.1. The number of rotatable bonds is 5. The zero-order chi connectivity index (χ0) is 21.2. The molecule has 0 fully saturated rings. The van der Waals surface area contributed by atoms with Gasteiger partial charge in [0.05, 0.1) is 24.9 Å². The Bertz CT molecular complexity index is 1370. The zero-order valence-electron chi connectivity index (χ0n) is 17.1. The van der Waals surface area contributed by atoms with Gasteiger partial charge in [-0.05, 0) is 46.7 Å². The number of aromatic nitrogens is 2. The minimum atomic E-state index is -0.0956. The molecule has 5 nitrogen and oxygen atoms in total. The first-order chi connectivity index (χ1) is 15.2. The molecule has 3 aromatic carbocycles. The van der Waals surface area contributed by atoms with Gasteiger partial charge in [0.2, 0.25) is 5.91 Å². The number of fused-ring (bicyclic) bond motifs is 2. The van der Waals surface area contributed by atoms with Crippen LogP contribution in [0.5, 0.6) is 5.75 Å². The van der Waals surface area contributed by atoms with Gasteiger partial charge < -0.3 is 14.5 Å². The Balaban J connectivity index is 1.43. The summed E-state index contributed by atoms with van der Waals surface area (Å²) < 4.78 is 7.45. The van der Waals surface area contributed by atoms with Crippen LogP contribution in [0.1, 0.15) is 5.56 Å². The van der Waals surface area contributed by atoms with Crippen LogP contribution in [0.15, 0.2) is 91.3 Å². The van der Waals surface area contributed by atoms with Crippen LogP contribution in [0.4, 0.5) is 5.69 Å². The highest BCUT2D eigenvalue weighted by Crippen LogP contribution is 2.31. The monoisotopic (exact) mass is 407 g/mol. The summed E-state index contributed by atoms with van der Waals surface area (Å²) >= 11 is 0. The first-order valence-electron chi connectivity index (χ1n) is 10.1. The molecule has 0 spiro atoms. The van der Waals surface area contributed by atoms with E-state index in [9.17, 15) is 4.79 Å². The lowest BCUT2D eigenvalue weighted by molar-refractivity contribution is -0.115. The minimum absolute atomic E-state index is 0.0956. The minimum Gasteiger partial charge on any atom is -0.495 e. The fourth-order valence-electron chi connectivity index (χ4n) is 3.85. The van der Waals surface area contributed by atoms with Gasteiger partial charge in [-0.2, -0.15) is 0 Å². The third-order valence-electron chi connectivity index (χ3n) is 5.36. The summed E-state index contributed by atoms with van der Waals surface area (Å²) in [6.45, 7) is 0. The van der Waals surface area contributed by atoms with Crippen LogP contribution in [0.25, 0.3) is 27.7 Å². The van der Waals surface area contributed by atoms with Crippen molar-refractivity contribution in [3.63, 3.8) is 0 Å². The summed E-state index contributed by atoms with van der Waals surface area (Å²) in [5, 5.41) is 5.23. The number of ether oxygens (including phenoxy) is 1. The number of amides is 1. The van der Waals surface area contributed by atoms with Crippen molar-refractivity contribution in [1.82, 2.24) is 9.38 Å². The molecular formula is C26H21N3O2. The molecule has 2 heterocycles. The maximum absolute atomic E-state index is 12.9. The van der Waals surface area contributed by atoms with Gasteiger partial charge >= 0.3 is 0 Å². The van der Waals surface area contributed by atoms with Crippen molar-refractivity contribution in [2.75, 3.05) is 12.4 Å². The Morgan fingerprint density at radius 3 is 2.71 bits per heavy atom. The molecule has 0 bridgehead atoms. The van der Waals surface area contributed by atoms with Crippen LogP contribution in [0.3, 0.4) is 0 Å². The van der Waals surface area contributed by atoms with Crippen molar-refractivity contribution >= 4 is 28.0 Å². The number of nitrogens with zero attached hydrogens (tertiary/aromatic N) is 2. The number of nitrogens with one attached hydrogen (secondary N) is 1. The lowest BCUT2D eigenvalue weighted by atomic mass is 10.0.